The number of rotatable bonds is 6. The van der Waals surface area contributed by atoms with Crippen molar-refractivity contribution in [1.82, 2.24) is 10.0 Å². The zero-order chi connectivity index (χ0) is 13.7. The van der Waals surface area contributed by atoms with E-state index in [-0.39, 0.29) is 5.75 Å². The second-order valence-corrected chi connectivity index (χ2v) is 8.03. The first-order valence-electron chi connectivity index (χ1n) is 6.80. The van der Waals surface area contributed by atoms with Gasteiger partial charge >= 0.3 is 0 Å². The number of nitrogens with one attached hydrogen (secondary N) is 2. The second kappa shape index (κ2) is 6.83. The van der Waals surface area contributed by atoms with Gasteiger partial charge in [0.05, 0.1) is 5.75 Å². The van der Waals surface area contributed by atoms with Crippen LogP contribution in [0.4, 0.5) is 0 Å². The summed E-state index contributed by atoms with van der Waals surface area (Å²) in [6.07, 6.45) is 4.22. The average Bonchev–Trinajstić information content (AvgIpc) is 2.81. The molecule has 0 aliphatic carbocycles. The van der Waals surface area contributed by atoms with E-state index >= 15 is 0 Å². The minimum absolute atomic E-state index is 0.217. The summed E-state index contributed by atoms with van der Waals surface area (Å²) in [5, 5.41) is 5.37. The Balaban J connectivity index is 1.76. The molecule has 1 fully saturated rings. The molecule has 108 valence electrons. The first kappa shape index (κ1) is 15.0. The summed E-state index contributed by atoms with van der Waals surface area (Å²) in [7, 11) is -3.16. The second-order valence-electron chi connectivity index (χ2n) is 5.10. The summed E-state index contributed by atoms with van der Waals surface area (Å²) in [6, 6.07) is 2.38. The molecule has 2 rings (SSSR count). The van der Waals surface area contributed by atoms with Crippen LogP contribution in [0.3, 0.4) is 0 Å². The highest BCUT2D eigenvalue weighted by molar-refractivity contribution is 7.89. The molecule has 0 spiro atoms. The van der Waals surface area contributed by atoms with Crippen molar-refractivity contribution >= 4 is 21.4 Å². The summed E-state index contributed by atoms with van der Waals surface area (Å²) < 4.78 is 26.6. The summed E-state index contributed by atoms with van der Waals surface area (Å²) >= 11 is 1.60. The lowest BCUT2D eigenvalue weighted by atomic mass is 10.0. The van der Waals surface area contributed by atoms with Gasteiger partial charge in [-0.25, -0.2) is 13.1 Å². The van der Waals surface area contributed by atoms with Gasteiger partial charge in [0, 0.05) is 17.5 Å². The van der Waals surface area contributed by atoms with Gasteiger partial charge in [-0.2, -0.15) is 0 Å². The molecule has 0 bridgehead atoms. The molecule has 4 nitrogen and oxygen atoms in total. The highest BCUT2D eigenvalue weighted by Crippen LogP contribution is 2.15. The van der Waals surface area contributed by atoms with Crippen molar-refractivity contribution in [2.45, 2.75) is 45.2 Å². The van der Waals surface area contributed by atoms with Crippen molar-refractivity contribution in [3.05, 3.63) is 21.9 Å². The first-order valence-corrected chi connectivity index (χ1v) is 9.34. The SMILES string of the molecule is Cc1ccsc1CNS(=O)(=O)CCC1CCCCN1. The minimum Gasteiger partial charge on any atom is -0.314 e. The highest BCUT2D eigenvalue weighted by Gasteiger charge is 2.17. The van der Waals surface area contributed by atoms with Crippen LogP contribution in [0.1, 0.15) is 36.1 Å². The Hall–Kier alpha value is -0.430. The smallest absolute Gasteiger partial charge is 0.211 e. The van der Waals surface area contributed by atoms with Gasteiger partial charge < -0.3 is 5.32 Å². The number of sulfonamides is 1. The molecule has 1 aliphatic heterocycles. The van der Waals surface area contributed by atoms with E-state index in [4.69, 9.17) is 0 Å². The summed E-state index contributed by atoms with van der Waals surface area (Å²) in [4.78, 5) is 1.10. The monoisotopic (exact) mass is 302 g/mol. The zero-order valence-electron chi connectivity index (χ0n) is 11.3. The molecule has 0 radical (unpaired) electrons. The fraction of sp³-hybridized carbons (Fsp3) is 0.692. The van der Waals surface area contributed by atoms with Crippen LogP contribution in [0.2, 0.25) is 0 Å². The molecule has 2 N–H and O–H groups in total. The maximum absolute atomic E-state index is 11.9. The van der Waals surface area contributed by atoms with Crippen LogP contribution in [-0.2, 0) is 16.6 Å². The topological polar surface area (TPSA) is 58.2 Å². The summed E-state index contributed by atoms with van der Waals surface area (Å²) in [5.41, 5.74) is 1.15. The molecular formula is C13H22N2O2S2. The van der Waals surface area contributed by atoms with Crippen LogP contribution in [0, 0.1) is 6.92 Å². The lowest BCUT2D eigenvalue weighted by molar-refractivity contribution is 0.392. The van der Waals surface area contributed by atoms with E-state index in [0.29, 0.717) is 19.0 Å². The van der Waals surface area contributed by atoms with E-state index in [9.17, 15) is 8.42 Å². The van der Waals surface area contributed by atoms with Gasteiger partial charge in [-0.3, -0.25) is 0 Å². The minimum atomic E-state index is -3.16. The van der Waals surface area contributed by atoms with E-state index in [2.05, 4.69) is 10.0 Å². The number of piperidine rings is 1. The maximum Gasteiger partial charge on any atom is 0.211 e. The lowest BCUT2D eigenvalue weighted by Crippen LogP contribution is -2.37. The van der Waals surface area contributed by atoms with E-state index in [1.54, 1.807) is 11.3 Å². The van der Waals surface area contributed by atoms with Crippen molar-refractivity contribution in [2.75, 3.05) is 12.3 Å². The molecule has 1 saturated heterocycles. The average molecular weight is 302 g/mol. The van der Waals surface area contributed by atoms with E-state index < -0.39 is 10.0 Å². The van der Waals surface area contributed by atoms with E-state index in [0.717, 1.165) is 23.4 Å². The molecule has 0 aromatic carbocycles. The zero-order valence-corrected chi connectivity index (χ0v) is 12.9. The maximum atomic E-state index is 11.9. The van der Waals surface area contributed by atoms with Crippen LogP contribution < -0.4 is 10.0 Å². The Morgan fingerprint density at radius 2 is 2.32 bits per heavy atom. The molecule has 0 amide bonds. The summed E-state index contributed by atoms with van der Waals surface area (Å²) in [5.74, 6) is 0.217. The Labute approximate surface area is 119 Å². The van der Waals surface area contributed by atoms with Crippen LogP contribution in [0.15, 0.2) is 11.4 Å². The van der Waals surface area contributed by atoms with Crippen LogP contribution in [0.5, 0.6) is 0 Å². The molecule has 1 aliphatic rings. The number of aryl methyl sites for hydroxylation is 1. The van der Waals surface area contributed by atoms with Gasteiger partial charge in [0.1, 0.15) is 0 Å². The first-order chi connectivity index (χ1) is 9.07. The van der Waals surface area contributed by atoms with Crippen LogP contribution in [-0.4, -0.2) is 26.8 Å². The fourth-order valence-electron chi connectivity index (χ4n) is 2.30. The Morgan fingerprint density at radius 3 is 2.95 bits per heavy atom. The normalized spacial score (nSPS) is 20.6. The van der Waals surface area contributed by atoms with E-state index in [1.165, 1.54) is 12.8 Å². The third-order valence-electron chi connectivity index (χ3n) is 3.57. The van der Waals surface area contributed by atoms with Crippen molar-refractivity contribution in [3.63, 3.8) is 0 Å². The summed E-state index contributed by atoms with van der Waals surface area (Å²) in [6.45, 7) is 3.45. The largest absolute Gasteiger partial charge is 0.314 e. The molecule has 1 aromatic rings. The van der Waals surface area contributed by atoms with Gasteiger partial charge in [-0.05, 0) is 49.7 Å². The highest BCUT2D eigenvalue weighted by atomic mass is 32.2. The van der Waals surface area contributed by atoms with Gasteiger partial charge in [0.15, 0.2) is 0 Å². The molecular weight excluding hydrogens is 280 g/mol. The number of hydrogen-bond donors (Lipinski definition) is 2. The van der Waals surface area contributed by atoms with Crippen LogP contribution in [0.25, 0.3) is 0 Å². The third kappa shape index (κ3) is 4.87. The Kier molecular flexibility index (Phi) is 5.38. The van der Waals surface area contributed by atoms with Gasteiger partial charge in [-0.15, -0.1) is 11.3 Å². The Morgan fingerprint density at radius 1 is 1.47 bits per heavy atom. The predicted molar refractivity (Wildman–Crippen MR) is 79.9 cm³/mol. The Bertz CT molecular complexity index is 490. The van der Waals surface area contributed by atoms with Crippen molar-refractivity contribution in [2.24, 2.45) is 0 Å². The molecule has 1 atom stereocenters. The fourth-order valence-corrected chi connectivity index (χ4v) is 4.34. The third-order valence-corrected chi connectivity index (χ3v) is 5.95. The van der Waals surface area contributed by atoms with E-state index in [1.807, 2.05) is 18.4 Å². The van der Waals surface area contributed by atoms with Crippen molar-refractivity contribution in [3.8, 4) is 0 Å². The molecule has 19 heavy (non-hydrogen) atoms. The predicted octanol–water partition coefficient (Wildman–Crippen LogP) is 2.01. The van der Waals surface area contributed by atoms with Crippen molar-refractivity contribution in [1.29, 1.82) is 0 Å². The van der Waals surface area contributed by atoms with Crippen LogP contribution >= 0.6 is 11.3 Å². The standard InChI is InChI=1S/C13H22N2O2S2/c1-11-5-8-18-13(11)10-15-19(16,17)9-6-12-4-2-3-7-14-12/h5,8,12,14-15H,2-4,6-7,9-10H2,1H3. The van der Waals surface area contributed by atoms with Gasteiger partial charge in [0.25, 0.3) is 0 Å². The number of hydrogen-bond acceptors (Lipinski definition) is 4. The molecule has 0 saturated carbocycles. The molecule has 1 unspecified atom stereocenters. The van der Waals surface area contributed by atoms with Gasteiger partial charge in [0.2, 0.25) is 10.0 Å². The lowest BCUT2D eigenvalue weighted by Gasteiger charge is -2.23. The van der Waals surface area contributed by atoms with Crippen molar-refractivity contribution < 1.29 is 8.42 Å². The van der Waals surface area contributed by atoms with Gasteiger partial charge in [-0.1, -0.05) is 6.42 Å². The quantitative estimate of drug-likeness (QED) is 0.845. The molecule has 2 heterocycles. The molecule has 6 heteroatoms. The molecule has 1 aromatic heterocycles. The number of thiophene rings is 1.